The zero-order valence-electron chi connectivity index (χ0n) is 10.8. The Kier molecular flexibility index (Phi) is 3.55. The molecule has 98 valence electrons. The maximum atomic E-state index is 5.96. The van der Waals surface area contributed by atoms with Gasteiger partial charge in [-0.2, -0.15) is 0 Å². The molecule has 0 amide bonds. The van der Waals surface area contributed by atoms with E-state index in [-0.39, 0.29) is 0 Å². The summed E-state index contributed by atoms with van der Waals surface area (Å²) in [6.45, 7) is 6.80. The van der Waals surface area contributed by atoms with Crippen LogP contribution in [0, 0.1) is 11.8 Å². The van der Waals surface area contributed by atoms with Crippen molar-refractivity contribution in [1.82, 2.24) is 15.2 Å². The quantitative estimate of drug-likeness (QED) is 0.849. The highest BCUT2D eigenvalue weighted by Crippen LogP contribution is 2.34. The molecule has 3 nitrogen and oxygen atoms in total. The summed E-state index contributed by atoms with van der Waals surface area (Å²) >= 11 is 5.96. The average Bonchev–Trinajstić information content (AvgIpc) is 2.89. The molecular weight excluding hydrogens is 246 g/mol. The van der Waals surface area contributed by atoms with Crippen molar-refractivity contribution in [1.29, 1.82) is 0 Å². The van der Waals surface area contributed by atoms with E-state index in [1.54, 1.807) is 0 Å². The molecule has 1 aromatic heterocycles. The smallest absolute Gasteiger partial charge is 0.129 e. The summed E-state index contributed by atoms with van der Waals surface area (Å²) < 4.78 is 0. The van der Waals surface area contributed by atoms with Crippen LogP contribution in [0.4, 0.5) is 0 Å². The number of rotatable bonds is 3. The largest absolute Gasteiger partial charge is 0.316 e. The predicted octanol–water partition coefficient (Wildman–Crippen LogP) is 2.16. The van der Waals surface area contributed by atoms with Crippen LogP contribution in [0.15, 0.2) is 18.2 Å². The third kappa shape index (κ3) is 2.27. The van der Waals surface area contributed by atoms with Crippen molar-refractivity contribution in [3.8, 4) is 0 Å². The number of nitrogens with one attached hydrogen (secondary N) is 1. The summed E-state index contributed by atoms with van der Waals surface area (Å²) in [6.07, 6.45) is 1.23. The van der Waals surface area contributed by atoms with Crippen molar-refractivity contribution in [3.63, 3.8) is 0 Å². The van der Waals surface area contributed by atoms with E-state index >= 15 is 0 Å². The molecular formula is C14H20ClN3. The minimum Gasteiger partial charge on any atom is -0.316 e. The molecule has 3 heterocycles. The summed E-state index contributed by atoms with van der Waals surface area (Å²) in [5.74, 6) is 1.66. The monoisotopic (exact) mass is 265 g/mol. The summed E-state index contributed by atoms with van der Waals surface area (Å²) in [5, 5.41) is 4.12. The molecule has 1 aromatic rings. The van der Waals surface area contributed by atoms with Gasteiger partial charge in [0.2, 0.25) is 0 Å². The van der Waals surface area contributed by atoms with E-state index in [0.29, 0.717) is 11.2 Å². The van der Waals surface area contributed by atoms with Crippen LogP contribution in [0.1, 0.15) is 19.0 Å². The molecule has 2 aliphatic heterocycles. The standard InChI is InChI=1S/C14H20ClN3/c1-2-13-12-7-16-6-10(12)8-18(13)9-11-4-3-5-14(15)17-11/h3-5,10,12-13,16H,2,6-9H2,1H3. The topological polar surface area (TPSA) is 28.2 Å². The van der Waals surface area contributed by atoms with Crippen molar-refractivity contribution in [2.45, 2.75) is 25.9 Å². The highest BCUT2D eigenvalue weighted by molar-refractivity contribution is 6.29. The first-order valence-electron chi connectivity index (χ1n) is 6.84. The second-order valence-electron chi connectivity index (χ2n) is 5.44. The van der Waals surface area contributed by atoms with Crippen molar-refractivity contribution in [3.05, 3.63) is 29.0 Å². The first-order valence-corrected chi connectivity index (χ1v) is 7.22. The second kappa shape index (κ2) is 5.16. The van der Waals surface area contributed by atoms with Gasteiger partial charge in [-0.3, -0.25) is 4.90 Å². The van der Waals surface area contributed by atoms with E-state index in [1.807, 2.05) is 12.1 Å². The molecule has 0 spiro atoms. The second-order valence-corrected chi connectivity index (χ2v) is 5.83. The third-order valence-electron chi connectivity index (χ3n) is 4.38. The van der Waals surface area contributed by atoms with Crippen LogP contribution in [0.5, 0.6) is 0 Å². The Hall–Kier alpha value is -0.640. The van der Waals surface area contributed by atoms with Gasteiger partial charge < -0.3 is 5.32 Å². The molecule has 0 saturated carbocycles. The summed E-state index contributed by atoms with van der Waals surface area (Å²) in [6, 6.07) is 6.60. The molecule has 0 bridgehead atoms. The SMILES string of the molecule is CCC1C2CNCC2CN1Cc1cccc(Cl)n1. The number of hydrogen-bond acceptors (Lipinski definition) is 3. The lowest BCUT2D eigenvalue weighted by molar-refractivity contribution is 0.208. The van der Waals surface area contributed by atoms with Crippen LogP contribution in [-0.4, -0.2) is 35.6 Å². The van der Waals surface area contributed by atoms with Gasteiger partial charge in [0, 0.05) is 19.1 Å². The van der Waals surface area contributed by atoms with Crippen molar-refractivity contribution >= 4 is 11.6 Å². The van der Waals surface area contributed by atoms with E-state index < -0.39 is 0 Å². The predicted molar refractivity (Wildman–Crippen MR) is 73.6 cm³/mol. The Balaban J connectivity index is 1.73. The van der Waals surface area contributed by atoms with Crippen LogP contribution < -0.4 is 5.32 Å². The fourth-order valence-electron chi connectivity index (χ4n) is 3.60. The lowest BCUT2D eigenvalue weighted by Gasteiger charge is -2.26. The van der Waals surface area contributed by atoms with E-state index in [9.17, 15) is 0 Å². The van der Waals surface area contributed by atoms with Gasteiger partial charge in [-0.15, -0.1) is 0 Å². The van der Waals surface area contributed by atoms with Gasteiger partial charge >= 0.3 is 0 Å². The molecule has 4 heteroatoms. The molecule has 2 aliphatic rings. The molecule has 0 aromatic carbocycles. The molecule has 1 N–H and O–H groups in total. The number of nitrogens with zero attached hydrogens (tertiary/aromatic N) is 2. The van der Waals surface area contributed by atoms with Crippen molar-refractivity contribution in [2.75, 3.05) is 19.6 Å². The molecule has 18 heavy (non-hydrogen) atoms. The van der Waals surface area contributed by atoms with Crippen LogP contribution >= 0.6 is 11.6 Å². The maximum absolute atomic E-state index is 5.96. The molecule has 2 saturated heterocycles. The Morgan fingerprint density at radius 1 is 1.44 bits per heavy atom. The lowest BCUT2D eigenvalue weighted by atomic mass is 9.93. The van der Waals surface area contributed by atoms with Gasteiger partial charge in [0.25, 0.3) is 0 Å². The number of hydrogen-bond donors (Lipinski definition) is 1. The number of likely N-dealkylation sites (tertiary alicyclic amines) is 1. The molecule has 0 aliphatic carbocycles. The molecule has 3 atom stereocenters. The van der Waals surface area contributed by atoms with Crippen LogP contribution in [-0.2, 0) is 6.54 Å². The highest BCUT2D eigenvalue weighted by Gasteiger charge is 2.42. The van der Waals surface area contributed by atoms with Crippen LogP contribution in [0.3, 0.4) is 0 Å². The first kappa shape index (κ1) is 12.4. The van der Waals surface area contributed by atoms with Crippen LogP contribution in [0.25, 0.3) is 0 Å². The zero-order valence-corrected chi connectivity index (χ0v) is 11.5. The van der Waals surface area contributed by atoms with Gasteiger partial charge in [-0.25, -0.2) is 4.98 Å². The van der Waals surface area contributed by atoms with Gasteiger partial charge in [-0.1, -0.05) is 24.6 Å². The molecule has 2 fully saturated rings. The number of halogens is 1. The highest BCUT2D eigenvalue weighted by atomic mass is 35.5. The Bertz CT molecular complexity index is 423. The summed E-state index contributed by atoms with van der Waals surface area (Å²) in [7, 11) is 0. The number of fused-ring (bicyclic) bond motifs is 1. The summed E-state index contributed by atoms with van der Waals surface area (Å²) in [5.41, 5.74) is 1.09. The minimum absolute atomic E-state index is 0.599. The number of aromatic nitrogens is 1. The fraction of sp³-hybridized carbons (Fsp3) is 0.643. The zero-order chi connectivity index (χ0) is 12.5. The Morgan fingerprint density at radius 2 is 2.33 bits per heavy atom. The van der Waals surface area contributed by atoms with E-state index in [2.05, 4.69) is 28.2 Å². The van der Waals surface area contributed by atoms with E-state index in [1.165, 1.54) is 26.1 Å². The van der Waals surface area contributed by atoms with E-state index in [0.717, 1.165) is 24.1 Å². The molecule has 0 radical (unpaired) electrons. The maximum Gasteiger partial charge on any atom is 0.129 e. The fourth-order valence-corrected chi connectivity index (χ4v) is 3.78. The Morgan fingerprint density at radius 3 is 3.11 bits per heavy atom. The van der Waals surface area contributed by atoms with Crippen LogP contribution in [0.2, 0.25) is 5.15 Å². The molecule has 3 rings (SSSR count). The van der Waals surface area contributed by atoms with Crippen molar-refractivity contribution in [2.24, 2.45) is 11.8 Å². The van der Waals surface area contributed by atoms with Gasteiger partial charge in [0.1, 0.15) is 5.15 Å². The van der Waals surface area contributed by atoms with E-state index in [4.69, 9.17) is 11.6 Å². The lowest BCUT2D eigenvalue weighted by Crippen LogP contribution is -2.34. The Labute approximate surface area is 114 Å². The van der Waals surface area contributed by atoms with Gasteiger partial charge in [-0.05, 0) is 43.5 Å². The number of pyridine rings is 1. The minimum atomic E-state index is 0.599. The average molecular weight is 266 g/mol. The van der Waals surface area contributed by atoms with Gasteiger partial charge in [0.05, 0.1) is 5.69 Å². The normalized spacial score (nSPS) is 31.8. The first-order chi connectivity index (χ1) is 8.78. The summed E-state index contributed by atoms with van der Waals surface area (Å²) in [4.78, 5) is 7.00. The third-order valence-corrected chi connectivity index (χ3v) is 4.59. The van der Waals surface area contributed by atoms with Crippen molar-refractivity contribution < 1.29 is 0 Å². The molecule has 3 unspecified atom stereocenters. The van der Waals surface area contributed by atoms with Gasteiger partial charge in [0.15, 0.2) is 0 Å².